The standard InChI is InChI=1S/C18H34N2/c19-15-18(12-6-2-1-3-7-13-18)20-14-8-10-16-9-4-5-11-17(16)20/h16-17H,1-15,19H2. The normalized spacial score (nSPS) is 35.9. The zero-order valence-corrected chi connectivity index (χ0v) is 13.3. The Balaban J connectivity index is 1.78. The van der Waals surface area contributed by atoms with E-state index >= 15 is 0 Å². The fraction of sp³-hybridized carbons (Fsp3) is 1.00. The maximum Gasteiger partial charge on any atom is 0.0334 e. The van der Waals surface area contributed by atoms with Gasteiger partial charge < -0.3 is 5.73 Å². The second-order valence-corrected chi connectivity index (χ2v) is 7.64. The summed E-state index contributed by atoms with van der Waals surface area (Å²) in [7, 11) is 0. The van der Waals surface area contributed by atoms with Crippen LogP contribution in [0.1, 0.15) is 83.5 Å². The minimum atomic E-state index is 0.362. The molecule has 20 heavy (non-hydrogen) atoms. The molecular formula is C18H34N2. The summed E-state index contributed by atoms with van der Waals surface area (Å²) in [5, 5.41) is 0. The predicted molar refractivity (Wildman–Crippen MR) is 85.8 cm³/mol. The summed E-state index contributed by atoms with van der Waals surface area (Å²) >= 11 is 0. The molecule has 0 spiro atoms. The van der Waals surface area contributed by atoms with Crippen LogP contribution < -0.4 is 5.73 Å². The van der Waals surface area contributed by atoms with Gasteiger partial charge in [0.1, 0.15) is 0 Å². The average molecular weight is 278 g/mol. The van der Waals surface area contributed by atoms with Crippen molar-refractivity contribution in [3.63, 3.8) is 0 Å². The topological polar surface area (TPSA) is 29.3 Å². The lowest BCUT2D eigenvalue weighted by atomic mass is 9.73. The molecule has 0 aromatic carbocycles. The molecule has 116 valence electrons. The van der Waals surface area contributed by atoms with Crippen LogP contribution in [0, 0.1) is 5.92 Å². The van der Waals surface area contributed by atoms with Crippen molar-refractivity contribution in [1.82, 2.24) is 4.90 Å². The summed E-state index contributed by atoms with van der Waals surface area (Å²) in [6.07, 6.45) is 18.7. The van der Waals surface area contributed by atoms with Crippen LogP contribution in [0.4, 0.5) is 0 Å². The second kappa shape index (κ2) is 6.79. The van der Waals surface area contributed by atoms with E-state index < -0.39 is 0 Å². The fourth-order valence-electron chi connectivity index (χ4n) is 5.39. The summed E-state index contributed by atoms with van der Waals surface area (Å²) in [4.78, 5) is 2.94. The number of nitrogens with zero attached hydrogens (tertiary/aromatic N) is 1. The van der Waals surface area contributed by atoms with Crippen LogP contribution in [0.2, 0.25) is 0 Å². The van der Waals surface area contributed by atoms with E-state index in [0.717, 1.165) is 18.5 Å². The van der Waals surface area contributed by atoms with E-state index in [4.69, 9.17) is 5.73 Å². The van der Waals surface area contributed by atoms with Gasteiger partial charge in [0, 0.05) is 18.1 Å². The molecule has 1 aliphatic heterocycles. The molecule has 1 heterocycles. The van der Waals surface area contributed by atoms with E-state index in [1.165, 1.54) is 90.0 Å². The third-order valence-electron chi connectivity index (χ3n) is 6.52. The third kappa shape index (κ3) is 2.92. The van der Waals surface area contributed by atoms with E-state index in [0.29, 0.717) is 5.54 Å². The fourth-order valence-corrected chi connectivity index (χ4v) is 5.39. The van der Waals surface area contributed by atoms with Gasteiger partial charge in [0.05, 0.1) is 0 Å². The Morgan fingerprint density at radius 1 is 0.800 bits per heavy atom. The van der Waals surface area contributed by atoms with Gasteiger partial charge in [-0.05, 0) is 51.0 Å². The van der Waals surface area contributed by atoms with E-state index in [1.807, 2.05) is 0 Å². The number of hydrogen-bond acceptors (Lipinski definition) is 2. The summed E-state index contributed by atoms with van der Waals surface area (Å²) < 4.78 is 0. The maximum atomic E-state index is 6.37. The summed E-state index contributed by atoms with van der Waals surface area (Å²) in [6, 6.07) is 0.875. The van der Waals surface area contributed by atoms with Gasteiger partial charge in [-0.1, -0.05) is 44.9 Å². The Bertz CT molecular complexity index is 292. The molecule has 0 aromatic heterocycles. The number of fused-ring (bicyclic) bond motifs is 1. The first-order valence-corrected chi connectivity index (χ1v) is 9.33. The van der Waals surface area contributed by atoms with Crippen LogP contribution in [-0.2, 0) is 0 Å². The van der Waals surface area contributed by atoms with Crippen molar-refractivity contribution in [2.75, 3.05) is 13.1 Å². The maximum absolute atomic E-state index is 6.37. The first-order valence-electron chi connectivity index (χ1n) is 9.33. The highest BCUT2D eigenvalue weighted by Crippen LogP contribution is 2.42. The van der Waals surface area contributed by atoms with Crippen molar-refractivity contribution in [1.29, 1.82) is 0 Å². The molecule has 2 nitrogen and oxygen atoms in total. The molecule has 0 amide bonds. The first-order chi connectivity index (χ1) is 9.86. The number of piperidine rings is 1. The lowest BCUT2D eigenvalue weighted by Gasteiger charge is -2.54. The van der Waals surface area contributed by atoms with Crippen molar-refractivity contribution in [3.05, 3.63) is 0 Å². The first kappa shape index (κ1) is 14.8. The predicted octanol–water partition coefficient (Wildman–Crippen LogP) is 4.08. The van der Waals surface area contributed by atoms with E-state index in [-0.39, 0.29) is 0 Å². The quantitative estimate of drug-likeness (QED) is 0.824. The third-order valence-corrected chi connectivity index (χ3v) is 6.52. The van der Waals surface area contributed by atoms with E-state index in [1.54, 1.807) is 0 Å². The molecule has 2 unspecified atom stereocenters. The van der Waals surface area contributed by atoms with Crippen LogP contribution in [0.25, 0.3) is 0 Å². The zero-order chi connectivity index (χ0) is 13.8. The summed E-state index contributed by atoms with van der Waals surface area (Å²) in [5.74, 6) is 0.992. The highest BCUT2D eigenvalue weighted by Gasteiger charge is 2.43. The number of likely N-dealkylation sites (tertiary alicyclic amines) is 1. The molecule has 2 heteroatoms. The molecule has 2 N–H and O–H groups in total. The molecule has 0 aromatic rings. The van der Waals surface area contributed by atoms with Gasteiger partial charge in [0.15, 0.2) is 0 Å². The average Bonchev–Trinajstić information content (AvgIpc) is 2.48. The molecule has 0 radical (unpaired) electrons. The number of rotatable bonds is 2. The van der Waals surface area contributed by atoms with Gasteiger partial charge in [0.2, 0.25) is 0 Å². The Labute approximate surface area is 125 Å². The van der Waals surface area contributed by atoms with Crippen molar-refractivity contribution in [2.24, 2.45) is 11.7 Å². The Kier molecular flexibility index (Phi) is 5.04. The van der Waals surface area contributed by atoms with Gasteiger partial charge in [-0.25, -0.2) is 0 Å². The molecule has 3 rings (SSSR count). The van der Waals surface area contributed by atoms with Gasteiger partial charge in [-0.2, -0.15) is 0 Å². The smallest absolute Gasteiger partial charge is 0.0334 e. The molecule has 1 saturated heterocycles. The Morgan fingerprint density at radius 2 is 1.45 bits per heavy atom. The van der Waals surface area contributed by atoms with E-state index in [2.05, 4.69) is 4.90 Å². The molecule has 2 saturated carbocycles. The SMILES string of the molecule is NCC1(N2CCCC3CCCCC32)CCCCCCC1. The van der Waals surface area contributed by atoms with Gasteiger partial charge in [0.25, 0.3) is 0 Å². The van der Waals surface area contributed by atoms with Crippen molar-refractivity contribution >= 4 is 0 Å². The minimum Gasteiger partial charge on any atom is -0.329 e. The largest absolute Gasteiger partial charge is 0.329 e. The molecule has 3 aliphatic rings. The minimum absolute atomic E-state index is 0.362. The van der Waals surface area contributed by atoms with Gasteiger partial charge >= 0.3 is 0 Å². The molecule has 2 atom stereocenters. The lowest BCUT2D eigenvalue weighted by Crippen LogP contribution is -2.62. The Hall–Kier alpha value is -0.0800. The molecule has 3 fully saturated rings. The van der Waals surface area contributed by atoms with Crippen molar-refractivity contribution in [3.8, 4) is 0 Å². The zero-order valence-electron chi connectivity index (χ0n) is 13.3. The van der Waals surface area contributed by atoms with Crippen LogP contribution in [0.15, 0.2) is 0 Å². The number of nitrogens with two attached hydrogens (primary N) is 1. The van der Waals surface area contributed by atoms with Crippen LogP contribution >= 0.6 is 0 Å². The van der Waals surface area contributed by atoms with Crippen LogP contribution in [0.3, 0.4) is 0 Å². The highest BCUT2D eigenvalue weighted by atomic mass is 15.2. The summed E-state index contributed by atoms with van der Waals surface area (Å²) in [5.41, 5.74) is 6.73. The second-order valence-electron chi connectivity index (χ2n) is 7.64. The molecular weight excluding hydrogens is 244 g/mol. The summed E-state index contributed by atoms with van der Waals surface area (Å²) in [6.45, 7) is 2.23. The highest BCUT2D eigenvalue weighted by molar-refractivity contribution is 5.00. The van der Waals surface area contributed by atoms with Gasteiger partial charge in [-0.15, -0.1) is 0 Å². The molecule has 2 aliphatic carbocycles. The van der Waals surface area contributed by atoms with Crippen molar-refractivity contribution in [2.45, 2.75) is 95.1 Å². The monoisotopic (exact) mass is 278 g/mol. The van der Waals surface area contributed by atoms with Crippen molar-refractivity contribution < 1.29 is 0 Å². The lowest BCUT2D eigenvalue weighted by molar-refractivity contribution is -0.0378. The van der Waals surface area contributed by atoms with Crippen LogP contribution in [0.5, 0.6) is 0 Å². The van der Waals surface area contributed by atoms with E-state index in [9.17, 15) is 0 Å². The molecule has 0 bridgehead atoms. The number of hydrogen-bond donors (Lipinski definition) is 1. The van der Waals surface area contributed by atoms with Crippen LogP contribution in [-0.4, -0.2) is 29.6 Å². The Morgan fingerprint density at radius 3 is 2.20 bits per heavy atom. The van der Waals surface area contributed by atoms with Gasteiger partial charge in [-0.3, -0.25) is 4.90 Å².